The second kappa shape index (κ2) is 11.4. The van der Waals surface area contributed by atoms with E-state index in [2.05, 4.69) is 132 Å². The lowest BCUT2D eigenvalue weighted by atomic mass is 10.0. The Morgan fingerprint density at radius 1 is 0.462 bits per heavy atom. The maximum atomic E-state index is 5.50. The minimum atomic E-state index is 0.566. The smallest absolute Gasteiger partial charge is 0.236 e. The topological polar surface area (TPSA) is 56.5 Å². The highest BCUT2D eigenvalue weighted by Gasteiger charge is 2.24. The minimum Gasteiger partial charge on any atom is -0.277 e. The molecule has 0 bridgehead atoms. The molecule has 0 spiro atoms. The van der Waals surface area contributed by atoms with E-state index in [-0.39, 0.29) is 0 Å². The van der Waals surface area contributed by atoms with Gasteiger partial charge in [-0.3, -0.25) is 4.57 Å². The zero-order valence-corrected chi connectivity index (χ0v) is 28.5. The molecule has 0 atom stereocenters. The van der Waals surface area contributed by atoms with Gasteiger partial charge in [0.2, 0.25) is 5.95 Å². The molecule has 7 aromatic carbocycles. The van der Waals surface area contributed by atoms with Gasteiger partial charge >= 0.3 is 0 Å². The first-order chi connectivity index (χ1) is 25.8. The second-order valence-electron chi connectivity index (χ2n) is 13.0. The SMILES string of the molecule is c1ccc(-c2cc(-c3ccccc3)nc(-c3nc(-n4c5ccc6ccccc6c5c5ccc6ccccc6c54)nc4c3sc3ccccc34)n2)cc1. The number of rotatable bonds is 4. The zero-order chi connectivity index (χ0) is 34.2. The van der Waals surface area contributed by atoms with E-state index in [4.69, 9.17) is 19.9 Å². The standard InChI is InChI=1S/C46H27N5S/c1-3-15-30(16-4-1)36-27-37(31-17-5-2-6-18-31)48-45(47-36)42-44-41(34-21-11-12-22-39(34)52-44)49-46(50-42)51-38-26-24-28-13-7-9-19-32(28)40(38)35-25-23-29-14-8-10-20-33(29)43(35)51/h1-27H. The van der Waals surface area contributed by atoms with E-state index in [1.54, 1.807) is 11.3 Å². The fraction of sp³-hybridized carbons (Fsp3) is 0. The Hall–Kier alpha value is -6.76. The molecular formula is C46H27N5S. The summed E-state index contributed by atoms with van der Waals surface area (Å²) in [7, 11) is 0. The van der Waals surface area contributed by atoms with Gasteiger partial charge in [-0.1, -0.05) is 146 Å². The van der Waals surface area contributed by atoms with Crippen molar-refractivity contribution >= 4 is 75.0 Å². The summed E-state index contributed by atoms with van der Waals surface area (Å²) in [6.45, 7) is 0. The van der Waals surface area contributed by atoms with Crippen LogP contribution in [0.2, 0.25) is 0 Å². The van der Waals surface area contributed by atoms with Gasteiger partial charge in [-0.05, 0) is 34.4 Å². The van der Waals surface area contributed by atoms with Crippen LogP contribution in [0.15, 0.2) is 164 Å². The molecule has 0 saturated heterocycles. The Kier molecular flexibility index (Phi) is 6.35. The van der Waals surface area contributed by atoms with Gasteiger partial charge in [0.1, 0.15) is 5.69 Å². The van der Waals surface area contributed by atoms with Gasteiger partial charge in [0.25, 0.3) is 0 Å². The average molecular weight is 682 g/mol. The van der Waals surface area contributed by atoms with Crippen molar-refractivity contribution in [3.63, 3.8) is 0 Å². The van der Waals surface area contributed by atoms with Gasteiger partial charge < -0.3 is 0 Å². The van der Waals surface area contributed by atoms with Crippen LogP contribution in [0.3, 0.4) is 0 Å². The van der Waals surface area contributed by atoms with Crippen LogP contribution in [0.4, 0.5) is 0 Å². The predicted octanol–water partition coefficient (Wildman–Crippen LogP) is 12.0. The maximum absolute atomic E-state index is 5.50. The lowest BCUT2D eigenvalue weighted by Crippen LogP contribution is -2.05. The minimum absolute atomic E-state index is 0.566. The highest BCUT2D eigenvalue weighted by atomic mass is 32.1. The highest BCUT2D eigenvalue weighted by molar-refractivity contribution is 7.26. The molecule has 5 nitrogen and oxygen atoms in total. The van der Waals surface area contributed by atoms with Crippen molar-refractivity contribution in [3.8, 4) is 40.0 Å². The maximum Gasteiger partial charge on any atom is 0.236 e. The predicted molar refractivity (Wildman–Crippen MR) is 216 cm³/mol. The summed E-state index contributed by atoms with van der Waals surface area (Å²) < 4.78 is 4.37. The molecule has 0 saturated carbocycles. The van der Waals surface area contributed by atoms with E-state index in [0.29, 0.717) is 17.5 Å². The van der Waals surface area contributed by atoms with Crippen molar-refractivity contribution in [2.45, 2.75) is 0 Å². The molecule has 0 aliphatic carbocycles. The summed E-state index contributed by atoms with van der Waals surface area (Å²) in [5.74, 6) is 1.16. The number of aromatic nitrogens is 5. The van der Waals surface area contributed by atoms with Crippen LogP contribution in [0, 0.1) is 0 Å². The molecule has 0 fully saturated rings. The summed E-state index contributed by atoms with van der Waals surface area (Å²) in [6.07, 6.45) is 0. The number of hydrogen-bond acceptors (Lipinski definition) is 5. The third-order valence-corrected chi connectivity index (χ3v) is 11.2. The van der Waals surface area contributed by atoms with Gasteiger partial charge in [0.15, 0.2) is 5.82 Å². The third kappa shape index (κ3) is 4.41. The van der Waals surface area contributed by atoms with Gasteiger partial charge in [-0.25, -0.2) is 19.9 Å². The molecule has 4 aromatic heterocycles. The lowest BCUT2D eigenvalue weighted by molar-refractivity contribution is 1.01. The van der Waals surface area contributed by atoms with Crippen LogP contribution in [0.5, 0.6) is 0 Å². The van der Waals surface area contributed by atoms with E-state index >= 15 is 0 Å². The van der Waals surface area contributed by atoms with Crippen LogP contribution in [0.1, 0.15) is 0 Å². The van der Waals surface area contributed by atoms with Crippen LogP contribution in [-0.4, -0.2) is 24.5 Å². The first kappa shape index (κ1) is 29.0. The van der Waals surface area contributed by atoms with Crippen molar-refractivity contribution in [1.82, 2.24) is 24.5 Å². The average Bonchev–Trinajstić information content (AvgIpc) is 3.77. The zero-order valence-electron chi connectivity index (χ0n) is 27.7. The Labute approximate surface area is 302 Å². The molecule has 0 amide bonds. The summed E-state index contributed by atoms with van der Waals surface area (Å²) in [6, 6.07) is 57.2. The van der Waals surface area contributed by atoms with E-state index in [0.717, 1.165) is 64.6 Å². The van der Waals surface area contributed by atoms with Crippen LogP contribution in [0.25, 0.3) is 104 Å². The summed E-state index contributed by atoms with van der Waals surface area (Å²) in [5.41, 5.74) is 7.47. The molecule has 11 rings (SSSR count). The fourth-order valence-electron chi connectivity index (χ4n) is 7.65. The Balaban J connectivity index is 1.29. The lowest BCUT2D eigenvalue weighted by Gasteiger charge is -2.12. The first-order valence-electron chi connectivity index (χ1n) is 17.3. The molecule has 242 valence electrons. The number of hydrogen-bond donors (Lipinski definition) is 0. The molecule has 0 aliphatic heterocycles. The number of thiophene rings is 1. The molecule has 11 aromatic rings. The van der Waals surface area contributed by atoms with Crippen LogP contribution < -0.4 is 0 Å². The van der Waals surface area contributed by atoms with Gasteiger partial charge in [-0.15, -0.1) is 11.3 Å². The largest absolute Gasteiger partial charge is 0.277 e. The van der Waals surface area contributed by atoms with Crippen molar-refractivity contribution in [2.24, 2.45) is 0 Å². The Morgan fingerprint density at radius 3 is 1.79 bits per heavy atom. The quantitative estimate of drug-likeness (QED) is 0.185. The van der Waals surface area contributed by atoms with E-state index < -0.39 is 0 Å². The van der Waals surface area contributed by atoms with Crippen molar-refractivity contribution < 1.29 is 0 Å². The molecule has 0 radical (unpaired) electrons. The van der Waals surface area contributed by atoms with Crippen molar-refractivity contribution in [1.29, 1.82) is 0 Å². The molecule has 0 aliphatic rings. The normalized spacial score (nSPS) is 11.8. The Morgan fingerprint density at radius 2 is 1.06 bits per heavy atom. The summed E-state index contributed by atoms with van der Waals surface area (Å²) >= 11 is 1.69. The molecule has 0 N–H and O–H groups in total. The second-order valence-corrected chi connectivity index (χ2v) is 14.1. The van der Waals surface area contributed by atoms with E-state index in [1.807, 2.05) is 36.4 Å². The molecule has 4 heterocycles. The first-order valence-corrected chi connectivity index (χ1v) is 18.1. The van der Waals surface area contributed by atoms with Crippen LogP contribution in [-0.2, 0) is 0 Å². The molecule has 52 heavy (non-hydrogen) atoms. The highest BCUT2D eigenvalue weighted by Crippen LogP contribution is 2.42. The van der Waals surface area contributed by atoms with Crippen LogP contribution >= 0.6 is 11.3 Å². The molecule has 6 heteroatoms. The number of fused-ring (bicyclic) bond motifs is 10. The molecular weight excluding hydrogens is 655 g/mol. The van der Waals surface area contributed by atoms with Crippen molar-refractivity contribution in [2.75, 3.05) is 0 Å². The number of benzene rings is 7. The van der Waals surface area contributed by atoms with Crippen molar-refractivity contribution in [3.05, 3.63) is 164 Å². The Bertz CT molecular complexity index is 3130. The summed E-state index contributed by atoms with van der Waals surface area (Å²) in [5, 5.41) is 8.15. The monoisotopic (exact) mass is 681 g/mol. The third-order valence-electron chi connectivity index (χ3n) is 10.0. The number of nitrogens with zero attached hydrogens (tertiary/aromatic N) is 5. The van der Waals surface area contributed by atoms with E-state index in [1.165, 1.54) is 21.5 Å². The van der Waals surface area contributed by atoms with Gasteiger partial charge in [0, 0.05) is 37.4 Å². The van der Waals surface area contributed by atoms with E-state index in [9.17, 15) is 0 Å². The molecule has 0 unspecified atom stereocenters. The fourth-order valence-corrected chi connectivity index (χ4v) is 8.78. The van der Waals surface area contributed by atoms with Gasteiger partial charge in [0.05, 0.1) is 32.6 Å². The van der Waals surface area contributed by atoms with Gasteiger partial charge in [-0.2, -0.15) is 0 Å². The summed E-state index contributed by atoms with van der Waals surface area (Å²) in [4.78, 5) is 21.5.